The molecule has 1 aliphatic heterocycles. The van der Waals surface area contributed by atoms with Gasteiger partial charge in [0.15, 0.2) is 0 Å². The Morgan fingerprint density at radius 2 is 1.42 bits per heavy atom. The Balaban J connectivity index is 1.50. The van der Waals surface area contributed by atoms with Crippen LogP contribution in [0.1, 0.15) is 6.92 Å². The van der Waals surface area contributed by atoms with Gasteiger partial charge in [-0.05, 0) is 43.3 Å². The van der Waals surface area contributed by atoms with Gasteiger partial charge in [-0.3, -0.25) is 19.4 Å². The first-order chi connectivity index (χ1) is 15.8. The van der Waals surface area contributed by atoms with Gasteiger partial charge in [0.1, 0.15) is 11.5 Å². The summed E-state index contributed by atoms with van der Waals surface area (Å²) < 4.78 is 10.6. The Kier molecular flexibility index (Phi) is 8.80. The van der Waals surface area contributed by atoms with Crippen molar-refractivity contribution in [2.24, 2.45) is 0 Å². The zero-order chi connectivity index (χ0) is 24.0. The zero-order valence-electron chi connectivity index (χ0n) is 18.9. The van der Waals surface area contributed by atoms with E-state index >= 15 is 0 Å². The Morgan fingerprint density at radius 3 is 1.91 bits per heavy atom. The van der Waals surface area contributed by atoms with Crippen molar-refractivity contribution in [3.05, 3.63) is 46.4 Å². The van der Waals surface area contributed by atoms with E-state index in [-0.39, 0.29) is 30.9 Å². The average Bonchev–Trinajstić information content (AvgIpc) is 2.76. The van der Waals surface area contributed by atoms with Crippen LogP contribution < -0.4 is 20.1 Å². The lowest BCUT2D eigenvalue weighted by Gasteiger charge is -2.39. The number of rotatable bonds is 8. The Bertz CT molecular complexity index is 1000. The molecule has 2 amide bonds. The first-order valence-corrected chi connectivity index (χ1v) is 11.3. The normalized spacial score (nSPS) is 16.8. The van der Waals surface area contributed by atoms with Gasteiger partial charge in [0.25, 0.3) is 0 Å². The number of benzene rings is 2. The number of piperazine rings is 1. The number of carbonyl (C=O) groups excluding carboxylic acids is 2. The number of carbonyl (C=O) groups is 2. The summed E-state index contributed by atoms with van der Waals surface area (Å²) in [4.78, 5) is 29.3. The lowest BCUT2D eigenvalue weighted by Crippen LogP contribution is -2.54. The fourth-order valence-electron chi connectivity index (χ4n) is 3.77. The average molecular weight is 495 g/mol. The van der Waals surface area contributed by atoms with E-state index in [2.05, 4.69) is 20.4 Å². The van der Waals surface area contributed by atoms with E-state index in [1.807, 2.05) is 6.92 Å². The molecular formula is C23H28Cl2N4O4. The number of anilines is 2. The highest BCUT2D eigenvalue weighted by atomic mass is 35.5. The molecule has 0 saturated carbocycles. The van der Waals surface area contributed by atoms with Crippen molar-refractivity contribution < 1.29 is 19.1 Å². The second-order valence-corrected chi connectivity index (χ2v) is 8.71. The third-order valence-electron chi connectivity index (χ3n) is 5.43. The van der Waals surface area contributed by atoms with E-state index in [1.165, 1.54) is 0 Å². The lowest BCUT2D eigenvalue weighted by molar-refractivity contribution is -0.120. The fraction of sp³-hybridized carbons (Fsp3) is 0.391. The summed E-state index contributed by atoms with van der Waals surface area (Å²) in [6, 6.07) is 10.2. The quantitative estimate of drug-likeness (QED) is 0.583. The molecule has 1 heterocycles. The first-order valence-electron chi connectivity index (χ1n) is 10.5. The SMILES string of the molecule is COc1ccc(Cl)cc1NC(=O)CN1CCN(CC(=O)Nc2cc(Cl)ccc2OC)C(C)C1. The third-order valence-corrected chi connectivity index (χ3v) is 5.90. The fourth-order valence-corrected chi connectivity index (χ4v) is 4.12. The van der Waals surface area contributed by atoms with E-state index in [0.29, 0.717) is 52.6 Å². The topological polar surface area (TPSA) is 83.1 Å². The Labute approximate surface area is 203 Å². The minimum atomic E-state index is -0.151. The number of hydrogen-bond acceptors (Lipinski definition) is 6. The van der Waals surface area contributed by atoms with E-state index in [0.717, 1.165) is 0 Å². The number of nitrogens with zero attached hydrogens (tertiary/aromatic N) is 2. The van der Waals surface area contributed by atoms with E-state index < -0.39 is 0 Å². The molecule has 2 aromatic carbocycles. The number of nitrogens with one attached hydrogen (secondary N) is 2. The van der Waals surface area contributed by atoms with Crippen LogP contribution in [0.2, 0.25) is 10.0 Å². The summed E-state index contributed by atoms with van der Waals surface area (Å²) in [6.07, 6.45) is 0. The molecule has 8 nitrogen and oxygen atoms in total. The molecule has 0 aliphatic carbocycles. The summed E-state index contributed by atoms with van der Waals surface area (Å²) >= 11 is 12.1. The molecule has 1 unspecified atom stereocenters. The molecule has 1 atom stereocenters. The van der Waals surface area contributed by atoms with Gasteiger partial charge < -0.3 is 20.1 Å². The van der Waals surface area contributed by atoms with Gasteiger partial charge >= 0.3 is 0 Å². The number of methoxy groups -OCH3 is 2. The maximum Gasteiger partial charge on any atom is 0.238 e. The van der Waals surface area contributed by atoms with Gasteiger partial charge in [-0.15, -0.1) is 0 Å². The molecule has 0 aromatic heterocycles. The molecule has 2 aromatic rings. The summed E-state index contributed by atoms with van der Waals surface area (Å²) in [6.45, 7) is 4.49. The van der Waals surface area contributed by atoms with Crippen molar-refractivity contribution in [3.8, 4) is 11.5 Å². The first kappa shape index (κ1) is 25.1. The van der Waals surface area contributed by atoms with Gasteiger partial charge in [-0.2, -0.15) is 0 Å². The van der Waals surface area contributed by atoms with E-state index in [1.54, 1.807) is 50.6 Å². The standard InChI is InChI=1S/C23H28Cl2N4O4/c1-15-12-28(13-22(30)26-18-10-16(24)4-6-20(18)32-2)8-9-29(15)14-23(31)27-19-11-17(25)5-7-21(19)33-3/h4-7,10-11,15H,8-9,12-14H2,1-3H3,(H,26,30)(H,27,31). The van der Waals surface area contributed by atoms with Crippen LogP contribution in [0.3, 0.4) is 0 Å². The number of ether oxygens (including phenoxy) is 2. The second kappa shape index (κ2) is 11.6. The van der Waals surface area contributed by atoms with Crippen LogP contribution in [0.15, 0.2) is 36.4 Å². The molecule has 0 bridgehead atoms. The maximum absolute atomic E-state index is 12.6. The predicted molar refractivity (Wildman–Crippen MR) is 131 cm³/mol. The van der Waals surface area contributed by atoms with Gasteiger partial charge in [-0.1, -0.05) is 23.2 Å². The van der Waals surface area contributed by atoms with Gasteiger partial charge in [-0.25, -0.2) is 0 Å². The highest BCUT2D eigenvalue weighted by Crippen LogP contribution is 2.28. The van der Waals surface area contributed by atoms with Crippen LogP contribution in [0.5, 0.6) is 11.5 Å². The molecule has 178 valence electrons. The van der Waals surface area contributed by atoms with E-state index in [4.69, 9.17) is 32.7 Å². The largest absolute Gasteiger partial charge is 0.495 e. The number of halogens is 2. The zero-order valence-corrected chi connectivity index (χ0v) is 20.4. The molecule has 1 fully saturated rings. The molecule has 1 saturated heterocycles. The molecule has 33 heavy (non-hydrogen) atoms. The van der Waals surface area contributed by atoms with Crippen molar-refractivity contribution in [3.63, 3.8) is 0 Å². The van der Waals surface area contributed by atoms with Crippen LogP contribution in [-0.4, -0.2) is 74.6 Å². The van der Waals surface area contributed by atoms with Crippen molar-refractivity contribution >= 4 is 46.4 Å². The molecule has 0 spiro atoms. The number of amides is 2. The molecular weight excluding hydrogens is 467 g/mol. The minimum Gasteiger partial charge on any atom is -0.495 e. The van der Waals surface area contributed by atoms with Gasteiger partial charge in [0.2, 0.25) is 11.8 Å². The summed E-state index contributed by atoms with van der Waals surface area (Å²) in [5.41, 5.74) is 1.07. The monoisotopic (exact) mass is 494 g/mol. The molecule has 1 aliphatic rings. The van der Waals surface area contributed by atoms with E-state index in [9.17, 15) is 9.59 Å². The van der Waals surface area contributed by atoms with Crippen molar-refractivity contribution in [1.29, 1.82) is 0 Å². The van der Waals surface area contributed by atoms with Crippen LogP contribution in [0.25, 0.3) is 0 Å². The Morgan fingerprint density at radius 1 is 0.909 bits per heavy atom. The maximum atomic E-state index is 12.6. The summed E-state index contributed by atoms with van der Waals surface area (Å²) in [5, 5.41) is 6.76. The summed E-state index contributed by atoms with van der Waals surface area (Å²) in [5.74, 6) is 0.796. The highest BCUT2D eigenvalue weighted by Gasteiger charge is 2.26. The van der Waals surface area contributed by atoms with Crippen LogP contribution in [0.4, 0.5) is 11.4 Å². The minimum absolute atomic E-state index is 0.0965. The number of hydrogen-bond donors (Lipinski definition) is 2. The van der Waals surface area contributed by atoms with Crippen molar-refractivity contribution in [1.82, 2.24) is 9.80 Å². The van der Waals surface area contributed by atoms with Crippen molar-refractivity contribution in [2.45, 2.75) is 13.0 Å². The molecule has 0 radical (unpaired) electrons. The molecule has 3 rings (SSSR count). The second-order valence-electron chi connectivity index (χ2n) is 7.84. The van der Waals surface area contributed by atoms with Crippen LogP contribution >= 0.6 is 23.2 Å². The molecule has 10 heteroatoms. The smallest absolute Gasteiger partial charge is 0.238 e. The predicted octanol–water partition coefficient (Wildman–Crippen LogP) is 3.59. The highest BCUT2D eigenvalue weighted by molar-refractivity contribution is 6.31. The van der Waals surface area contributed by atoms with Crippen LogP contribution in [-0.2, 0) is 9.59 Å². The van der Waals surface area contributed by atoms with Crippen molar-refractivity contribution in [2.75, 3.05) is 57.6 Å². The molecule has 2 N–H and O–H groups in total. The third kappa shape index (κ3) is 6.98. The lowest BCUT2D eigenvalue weighted by atomic mass is 10.2. The summed E-state index contributed by atoms with van der Waals surface area (Å²) in [7, 11) is 3.08. The van der Waals surface area contributed by atoms with Gasteiger partial charge in [0, 0.05) is 35.7 Å². The van der Waals surface area contributed by atoms with Crippen LogP contribution in [0, 0.1) is 0 Å². The van der Waals surface area contributed by atoms with Gasteiger partial charge in [0.05, 0.1) is 38.7 Å². The Hall–Kier alpha value is -2.52.